The number of rotatable bonds is 5. The van der Waals surface area contributed by atoms with Gasteiger partial charge in [-0.2, -0.15) is 4.31 Å². The minimum atomic E-state index is -3.56. The van der Waals surface area contributed by atoms with Crippen molar-refractivity contribution in [1.82, 2.24) is 9.21 Å². The maximum Gasteiger partial charge on any atom is 0.252 e. The van der Waals surface area contributed by atoms with Crippen LogP contribution < -0.4 is 0 Å². The van der Waals surface area contributed by atoms with Crippen molar-refractivity contribution < 1.29 is 17.6 Å². The van der Waals surface area contributed by atoms with Gasteiger partial charge in [-0.25, -0.2) is 8.42 Å². The van der Waals surface area contributed by atoms with Gasteiger partial charge in [0, 0.05) is 20.1 Å². The summed E-state index contributed by atoms with van der Waals surface area (Å²) in [5.41, 5.74) is 0. The van der Waals surface area contributed by atoms with E-state index in [0.29, 0.717) is 30.1 Å². The number of amides is 1. The van der Waals surface area contributed by atoms with Crippen molar-refractivity contribution in [1.29, 1.82) is 0 Å². The maximum absolute atomic E-state index is 12.8. The normalized spacial score (nSPS) is 18.8. The Morgan fingerprint density at radius 2 is 2.15 bits per heavy atom. The van der Waals surface area contributed by atoms with Crippen molar-refractivity contribution in [2.45, 2.75) is 30.5 Å². The van der Waals surface area contributed by atoms with Gasteiger partial charge in [-0.15, -0.1) is 11.3 Å². The van der Waals surface area contributed by atoms with Crippen LogP contribution >= 0.6 is 27.3 Å². The van der Waals surface area contributed by atoms with Gasteiger partial charge in [-0.05, 0) is 60.0 Å². The second-order valence-corrected chi connectivity index (χ2v) is 11.1. The smallest absolute Gasteiger partial charge is 0.252 e. The number of piperidine rings is 1. The first-order chi connectivity index (χ1) is 12.3. The predicted molar refractivity (Wildman–Crippen MR) is 103 cm³/mol. The lowest BCUT2D eigenvalue weighted by Gasteiger charge is -2.32. The van der Waals surface area contributed by atoms with E-state index >= 15 is 0 Å². The lowest BCUT2D eigenvalue weighted by molar-refractivity contribution is -0.136. The van der Waals surface area contributed by atoms with Crippen LogP contribution in [0.3, 0.4) is 0 Å². The topological polar surface area (TPSA) is 70.8 Å². The van der Waals surface area contributed by atoms with Gasteiger partial charge in [-0.1, -0.05) is 0 Å². The molecule has 0 spiro atoms. The van der Waals surface area contributed by atoms with E-state index in [1.165, 1.54) is 15.6 Å². The quantitative estimate of drug-likeness (QED) is 0.684. The van der Waals surface area contributed by atoms with E-state index in [1.807, 2.05) is 19.1 Å². The molecule has 2 aromatic heterocycles. The van der Waals surface area contributed by atoms with Crippen molar-refractivity contribution in [2.75, 3.05) is 20.1 Å². The van der Waals surface area contributed by atoms with Crippen LogP contribution in [0.5, 0.6) is 0 Å². The summed E-state index contributed by atoms with van der Waals surface area (Å²) in [5, 5.41) is 0. The number of halogens is 1. The molecule has 1 aliphatic heterocycles. The van der Waals surface area contributed by atoms with Crippen LogP contribution in [0.1, 0.15) is 24.4 Å². The molecule has 1 amide bonds. The number of carbonyl (C=O) groups excluding carboxylic acids is 1. The van der Waals surface area contributed by atoms with Gasteiger partial charge < -0.3 is 9.32 Å². The fraction of sp³-hybridized carbons (Fsp3) is 0.471. The highest BCUT2D eigenvalue weighted by atomic mass is 79.9. The molecule has 1 aliphatic rings. The first-order valence-electron chi connectivity index (χ1n) is 8.33. The zero-order chi connectivity index (χ0) is 18.9. The van der Waals surface area contributed by atoms with Gasteiger partial charge in [-0.3, -0.25) is 4.79 Å². The molecule has 2 aromatic rings. The summed E-state index contributed by atoms with van der Waals surface area (Å²) in [6.07, 6.45) is 1.37. The van der Waals surface area contributed by atoms with Crippen LogP contribution in [-0.4, -0.2) is 43.7 Å². The third kappa shape index (κ3) is 4.21. The number of carbonyl (C=O) groups is 1. The SMILES string of the molecule is Cc1ccc(CN(C)C(=O)C2CCCN(S(=O)(=O)c3ccc(Br)s3)C2)o1. The van der Waals surface area contributed by atoms with E-state index < -0.39 is 10.0 Å². The van der Waals surface area contributed by atoms with Crippen molar-refractivity contribution in [2.24, 2.45) is 5.92 Å². The van der Waals surface area contributed by atoms with E-state index in [0.717, 1.165) is 15.3 Å². The number of sulfonamides is 1. The molecule has 1 saturated heterocycles. The zero-order valence-electron chi connectivity index (χ0n) is 14.6. The number of furan rings is 1. The van der Waals surface area contributed by atoms with Crippen LogP contribution in [0, 0.1) is 12.8 Å². The molecule has 0 aromatic carbocycles. The molecule has 0 radical (unpaired) electrons. The van der Waals surface area contributed by atoms with Crippen molar-refractivity contribution in [3.63, 3.8) is 0 Å². The largest absolute Gasteiger partial charge is 0.464 e. The average molecular weight is 461 g/mol. The number of hydrogen-bond acceptors (Lipinski definition) is 5. The zero-order valence-corrected chi connectivity index (χ0v) is 17.9. The minimum Gasteiger partial charge on any atom is -0.464 e. The van der Waals surface area contributed by atoms with Crippen LogP contribution in [0.25, 0.3) is 0 Å². The molecule has 0 aliphatic carbocycles. The summed E-state index contributed by atoms with van der Waals surface area (Å²) in [4.78, 5) is 14.4. The average Bonchev–Trinajstić information content (AvgIpc) is 3.23. The molecule has 1 unspecified atom stereocenters. The molecule has 0 N–H and O–H groups in total. The highest BCUT2D eigenvalue weighted by Gasteiger charge is 2.35. The van der Waals surface area contributed by atoms with Gasteiger partial charge in [0.2, 0.25) is 5.91 Å². The number of aryl methyl sites for hydroxylation is 1. The monoisotopic (exact) mass is 460 g/mol. The summed E-state index contributed by atoms with van der Waals surface area (Å²) in [6.45, 7) is 2.91. The van der Waals surface area contributed by atoms with Gasteiger partial charge in [0.15, 0.2) is 0 Å². The standard InChI is InChI=1S/C17H21BrN2O4S2/c1-12-5-6-14(24-12)11-19(2)17(21)13-4-3-9-20(10-13)26(22,23)16-8-7-15(18)25-16/h5-8,13H,3-4,9-11H2,1-2H3. The third-order valence-corrected chi connectivity index (χ3v) is 8.40. The van der Waals surface area contributed by atoms with E-state index in [-0.39, 0.29) is 18.4 Å². The minimum absolute atomic E-state index is 0.0497. The molecule has 3 heterocycles. The van der Waals surface area contributed by atoms with Crippen LogP contribution in [0.2, 0.25) is 0 Å². The Bertz CT molecular complexity index is 890. The highest BCUT2D eigenvalue weighted by Crippen LogP contribution is 2.31. The molecule has 0 saturated carbocycles. The Kier molecular flexibility index (Phi) is 5.91. The first-order valence-corrected chi connectivity index (χ1v) is 11.4. The van der Waals surface area contributed by atoms with Crippen molar-refractivity contribution >= 4 is 43.2 Å². The molecule has 0 bridgehead atoms. The summed E-state index contributed by atoms with van der Waals surface area (Å²) in [7, 11) is -1.83. The lowest BCUT2D eigenvalue weighted by Crippen LogP contribution is -2.45. The molecule has 3 rings (SSSR count). The second-order valence-electron chi connectivity index (χ2n) is 6.47. The van der Waals surface area contributed by atoms with E-state index in [1.54, 1.807) is 24.1 Å². The molecule has 1 atom stereocenters. The molecule has 142 valence electrons. The summed E-state index contributed by atoms with van der Waals surface area (Å²) < 4.78 is 33.6. The molecular weight excluding hydrogens is 440 g/mol. The van der Waals surface area contributed by atoms with Crippen LogP contribution in [-0.2, 0) is 21.4 Å². The predicted octanol–water partition coefficient (Wildman–Crippen LogP) is 3.47. The number of hydrogen-bond donors (Lipinski definition) is 0. The fourth-order valence-corrected chi connectivity index (χ4v) is 6.81. The Balaban J connectivity index is 1.68. The molecule has 6 nitrogen and oxygen atoms in total. The van der Waals surface area contributed by atoms with Gasteiger partial charge in [0.1, 0.15) is 15.7 Å². The maximum atomic E-state index is 12.8. The van der Waals surface area contributed by atoms with Crippen molar-refractivity contribution in [3.8, 4) is 0 Å². The molecular formula is C17H21BrN2O4S2. The van der Waals surface area contributed by atoms with E-state index in [9.17, 15) is 13.2 Å². The van der Waals surface area contributed by atoms with Crippen molar-refractivity contribution in [3.05, 3.63) is 39.6 Å². The summed E-state index contributed by atoms with van der Waals surface area (Å²) in [6, 6.07) is 7.04. The third-order valence-electron chi connectivity index (χ3n) is 4.44. The van der Waals surface area contributed by atoms with E-state index in [2.05, 4.69) is 15.9 Å². The Labute approximate surface area is 166 Å². The van der Waals surface area contributed by atoms with E-state index in [4.69, 9.17) is 4.42 Å². The van der Waals surface area contributed by atoms with Gasteiger partial charge in [0.25, 0.3) is 10.0 Å². The second kappa shape index (κ2) is 7.84. The fourth-order valence-electron chi connectivity index (χ4n) is 3.12. The molecule has 1 fully saturated rings. The Morgan fingerprint density at radius 1 is 1.38 bits per heavy atom. The molecule has 26 heavy (non-hydrogen) atoms. The summed E-state index contributed by atoms with van der Waals surface area (Å²) in [5.74, 6) is 1.15. The van der Waals surface area contributed by atoms with Gasteiger partial charge in [0.05, 0.1) is 16.2 Å². The summed E-state index contributed by atoms with van der Waals surface area (Å²) >= 11 is 4.49. The van der Waals surface area contributed by atoms with Gasteiger partial charge >= 0.3 is 0 Å². The lowest BCUT2D eigenvalue weighted by atomic mass is 9.98. The van der Waals surface area contributed by atoms with Crippen LogP contribution in [0.15, 0.2) is 36.7 Å². The number of nitrogens with zero attached hydrogens (tertiary/aromatic N) is 2. The Hall–Kier alpha value is -1.16. The van der Waals surface area contributed by atoms with Crippen LogP contribution in [0.4, 0.5) is 0 Å². The first kappa shape index (κ1) is 19.6. The Morgan fingerprint density at radius 3 is 2.77 bits per heavy atom. The highest BCUT2D eigenvalue weighted by molar-refractivity contribution is 9.11. The number of thiophene rings is 1. The molecule has 9 heteroatoms.